The van der Waals surface area contributed by atoms with Gasteiger partial charge in [0.1, 0.15) is 0 Å². The monoisotopic (exact) mass is 504 g/mol. The molecule has 0 radical (unpaired) electrons. The zero-order valence-electron chi connectivity index (χ0n) is 14.8. The zero-order chi connectivity index (χ0) is 17.0. The van der Waals surface area contributed by atoms with E-state index in [1.165, 1.54) is 0 Å². The van der Waals surface area contributed by atoms with Gasteiger partial charge in [0.2, 0.25) is 10.0 Å². The number of ether oxygens (including phenoxy) is 1. The third kappa shape index (κ3) is 5.36. The van der Waals surface area contributed by atoms with Crippen molar-refractivity contribution in [3.63, 3.8) is 0 Å². The zero-order valence-corrected chi connectivity index (χ0v) is 18.7. The number of hydrogen-bond donors (Lipinski definition) is 1. The molecule has 0 saturated carbocycles. The third-order valence-corrected chi connectivity index (χ3v) is 7.96. The molecule has 0 aromatic carbocycles. The van der Waals surface area contributed by atoms with E-state index in [1.807, 2.05) is 11.8 Å². The van der Waals surface area contributed by atoms with E-state index in [0.29, 0.717) is 19.6 Å². The summed E-state index contributed by atoms with van der Waals surface area (Å²) in [5, 5.41) is 3.24. The number of aliphatic imine (C=N–C) groups is 1. The largest absolute Gasteiger partial charge is 0.381 e. The smallest absolute Gasteiger partial charge is 0.215 e. The minimum Gasteiger partial charge on any atom is -0.381 e. The first kappa shape index (κ1) is 21.5. The molecule has 0 aromatic heterocycles. The van der Waals surface area contributed by atoms with Crippen molar-refractivity contribution in [3.8, 4) is 0 Å². The molecule has 1 unspecified atom stereocenters. The molecule has 1 spiro atoms. The number of likely N-dealkylation sites (tertiary alicyclic amines) is 1. The van der Waals surface area contributed by atoms with E-state index >= 15 is 0 Å². The summed E-state index contributed by atoms with van der Waals surface area (Å²) in [7, 11) is -1.41. The molecule has 3 rings (SSSR count). The van der Waals surface area contributed by atoms with Crippen LogP contribution < -0.4 is 5.32 Å². The van der Waals surface area contributed by atoms with Crippen LogP contribution >= 0.6 is 35.7 Å². The van der Waals surface area contributed by atoms with E-state index in [0.717, 1.165) is 56.6 Å². The molecule has 7 nitrogen and oxygen atoms in total. The van der Waals surface area contributed by atoms with Gasteiger partial charge in [-0.25, -0.2) is 12.7 Å². The highest BCUT2D eigenvalue weighted by molar-refractivity contribution is 14.0. The maximum absolute atomic E-state index is 12.4. The van der Waals surface area contributed by atoms with E-state index in [9.17, 15) is 8.42 Å². The Hall–Kier alpha value is 0.220. The standard InChI is InChI=1S/C15H28N4O3S2.HI/c1-16-14(18-5-2-15(12-18)3-8-22-13-15)17-4-11-24(20,21)19-6-9-23-10-7-19;/h2-13H2,1H3,(H,16,17);1H. The lowest BCUT2D eigenvalue weighted by Crippen LogP contribution is -2.45. The molecule has 146 valence electrons. The predicted molar refractivity (Wildman–Crippen MR) is 114 cm³/mol. The summed E-state index contributed by atoms with van der Waals surface area (Å²) < 4.78 is 32.0. The van der Waals surface area contributed by atoms with Crippen LogP contribution in [0.5, 0.6) is 0 Å². The Morgan fingerprint density at radius 1 is 1.28 bits per heavy atom. The van der Waals surface area contributed by atoms with Crippen LogP contribution in [0.25, 0.3) is 0 Å². The van der Waals surface area contributed by atoms with Crippen LogP contribution in [0.3, 0.4) is 0 Å². The fraction of sp³-hybridized carbons (Fsp3) is 0.933. The Morgan fingerprint density at radius 2 is 2.04 bits per heavy atom. The maximum atomic E-state index is 12.4. The highest BCUT2D eigenvalue weighted by atomic mass is 127. The number of guanidine groups is 1. The summed E-state index contributed by atoms with van der Waals surface area (Å²) in [4.78, 5) is 6.57. The highest BCUT2D eigenvalue weighted by Gasteiger charge is 2.42. The van der Waals surface area contributed by atoms with E-state index in [1.54, 1.807) is 11.4 Å². The van der Waals surface area contributed by atoms with Crippen LogP contribution in [0.4, 0.5) is 0 Å². The number of nitrogens with zero attached hydrogens (tertiary/aromatic N) is 3. The topological polar surface area (TPSA) is 74.2 Å². The molecule has 3 heterocycles. The Bertz CT molecular complexity index is 561. The molecule has 0 amide bonds. The summed E-state index contributed by atoms with van der Waals surface area (Å²) in [5.41, 5.74) is 0.273. The van der Waals surface area contributed by atoms with Gasteiger partial charge in [0.25, 0.3) is 0 Å². The molecular weight excluding hydrogens is 475 g/mol. The van der Waals surface area contributed by atoms with Crippen LogP contribution in [0.1, 0.15) is 12.8 Å². The summed E-state index contributed by atoms with van der Waals surface area (Å²) in [6, 6.07) is 0. The number of hydrogen-bond acceptors (Lipinski definition) is 5. The van der Waals surface area contributed by atoms with Crippen LogP contribution in [0.2, 0.25) is 0 Å². The minimum atomic E-state index is -3.17. The van der Waals surface area contributed by atoms with Gasteiger partial charge in [0.05, 0.1) is 12.4 Å². The summed E-state index contributed by atoms with van der Waals surface area (Å²) in [6.45, 7) is 5.27. The molecule has 0 aromatic rings. The number of rotatable bonds is 4. The number of thioether (sulfide) groups is 1. The lowest BCUT2D eigenvalue weighted by atomic mass is 9.87. The second-order valence-corrected chi connectivity index (χ2v) is 10.1. The van der Waals surface area contributed by atoms with Crippen molar-refractivity contribution >= 4 is 51.7 Å². The molecule has 1 N–H and O–H groups in total. The predicted octanol–water partition coefficient (Wildman–Crippen LogP) is 0.671. The van der Waals surface area contributed by atoms with Gasteiger partial charge in [-0.2, -0.15) is 11.8 Å². The van der Waals surface area contributed by atoms with E-state index in [-0.39, 0.29) is 35.1 Å². The quantitative estimate of drug-likeness (QED) is 0.345. The van der Waals surface area contributed by atoms with Crippen LogP contribution in [-0.2, 0) is 14.8 Å². The van der Waals surface area contributed by atoms with Crippen molar-refractivity contribution < 1.29 is 13.2 Å². The number of sulfonamides is 1. The molecule has 0 bridgehead atoms. The molecule has 0 aliphatic carbocycles. The van der Waals surface area contributed by atoms with Gasteiger partial charge in [0.15, 0.2) is 5.96 Å². The van der Waals surface area contributed by atoms with Crippen LogP contribution in [-0.4, -0.2) is 93.8 Å². The Balaban J connectivity index is 0.00000225. The van der Waals surface area contributed by atoms with Gasteiger partial charge in [-0.1, -0.05) is 0 Å². The highest BCUT2D eigenvalue weighted by Crippen LogP contribution is 2.38. The molecule has 3 saturated heterocycles. The molecule has 3 aliphatic heterocycles. The van der Waals surface area contributed by atoms with Crippen molar-refractivity contribution in [2.45, 2.75) is 12.8 Å². The van der Waals surface area contributed by atoms with Crippen molar-refractivity contribution in [2.24, 2.45) is 10.4 Å². The van der Waals surface area contributed by atoms with Gasteiger partial charge in [-0.15, -0.1) is 24.0 Å². The maximum Gasteiger partial charge on any atom is 0.215 e. The van der Waals surface area contributed by atoms with Gasteiger partial charge >= 0.3 is 0 Å². The first-order chi connectivity index (χ1) is 11.5. The average molecular weight is 504 g/mol. The third-order valence-electron chi connectivity index (χ3n) is 5.14. The van der Waals surface area contributed by atoms with Crippen molar-refractivity contribution in [1.29, 1.82) is 0 Å². The van der Waals surface area contributed by atoms with Gasteiger partial charge in [-0.05, 0) is 12.8 Å². The van der Waals surface area contributed by atoms with Gasteiger partial charge in [0, 0.05) is 63.3 Å². The minimum absolute atomic E-state index is 0. The molecule has 1 atom stereocenters. The lowest BCUT2D eigenvalue weighted by molar-refractivity contribution is 0.156. The first-order valence-corrected chi connectivity index (χ1v) is 11.4. The number of halogens is 1. The molecule has 3 fully saturated rings. The average Bonchev–Trinajstić information content (AvgIpc) is 3.23. The first-order valence-electron chi connectivity index (χ1n) is 8.64. The molecule has 25 heavy (non-hydrogen) atoms. The second kappa shape index (κ2) is 9.43. The second-order valence-electron chi connectivity index (χ2n) is 6.78. The fourth-order valence-corrected chi connectivity index (χ4v) is 6.16. The Kier molecular flexibility index (Phi) is 8.11. The molecular formula is C15H29IN4O3S2. The van der Waals surface area contributed by atoms with Gasteiger partial charge < -0.3 is 15.0 Å². The van der Waals surface area contributed by atoms with E-state index < -0.39 is 10.0 Å². The summed E-state index contributed by atoms with van der Waals surface area (Å²) in [6.07, 6.45) is 2.24. The fourth-order valence-electron chi connectivity index (χ4n) is 3.67. The van der Waals surface area contributed by atoms with Crippen molar-refractivity contribution in [1.82, 2.24) is 14.5 Å². The SMILES string of the molecule is CN=C(NCCS(=O)(=O)N1CCSCC1)N1CCC2(CCOC2)C1.I. The lowest BCUT2D eigenvalue weighted by Gasteiger charge is -2.27. The Morgan fingerprint density at radius 3 is 2.68 bits per heavy atom. The van der Waals surface area contributed by atoms with Crippen molar-refractivity contribution in [2.75, 3.05) is 70.2 Å². The molecule has 3 aliphatic rings. The van der Waals surface area contributed by atoms with Crippen LogP contribution in [0, 0.1) is 5.41 Å². The Labute approximate surface area is 172 Å². The number of nitrogens with one attached hydrogen (secondary N) is 1. The van der Waals surface area contributed by atoms with E-state index in [4.69, 9.17) is 4.74 Å². The normalized spacial score (nSPS) is 28.4. The van der Waals surface area contributed by atoms with Gasteiger partial charge in [-0.3, -0.25) is 4.99 Å². The summed E-state index contributed by atoms with van der Waals surface area (Å²) in [5.74, 6) is 2.72. The molecule has 10 heteroatoms. The summed E-state index contributed by atoms with van der Waals surface area (Å²) >= 11 is 1.82. The van der Waals surface area contributed by atoms with Crippen molar-refractivity contribution in [3.05, 3.63) is 0 Å². The van der Waals surface area contributed by atoms with Crippen LogP contribution in [0.15, 0.2) is 4.99 Å². The van der Waals surface area contributed by atoms with E-state index in [2.05, 4.69) is 15.2 Å².